The molecule has 0 amide bonds. The standard InChI is InChI=1S/C23H29N5OS/c1-16-17(2)30-23-21(16)22(25-20(26-23)15-27-11-13-29-14-12-27)24-18-5-7-19(8-6-18)28-9-3-4-10-28/h5-8H,3-4,9-15H2,1-2H3,(H,24,25,26)/p+1. The van der Waals surface area contributed by atoms with Gasteiger partial charge in [-0.25, -0.2) is 9.97 Å². The predicted molar refractivity (Wildman–Crippen MR) is 123 cm³/mol. The molecule has 0 bridgehead atoms. The summed E-state index contributed by atoms with van der Waals surface area (Å²) in [5.41, 5.74) is 3.66. The highest BCUT2D eigenvalue weighted by Crippen LogP contribution is 2.34. The second-order valence-electron chi connectivity index (χ2n) is 8.36. The van der Waals surface area contributed by atoms with Crippen molar-refractivity contribution in [2.45, 2.75) is 33.2 Å². The predicted octanol–water partition coefficient (Wildman–Crippen LogP) is 3.07. The van der Waals surface area contributed by atoms with Crippen molar-refractivity contribution in [3.05, 3.63) is 40.5 Å². The van der Waals surface area contributed by atoms with Crippen LogP contribution in [0.4, 0.5) is 17.2 Å². The Bertz CT molecular complexity index is 1020. The molecule has 2 aromatic heterocycles. The minimum absolute atomic E-state index is 0.823. The van der Waals surface area contributed by atoms with E-state index in [1.165, 1.54) is 47.0 Å². The van der Waals surface area contributed by atoms with E-state index in [0.717, 1.165) is 60.4 Å². The van der Waals surface area contributed by atoms with Crippen molar-refractivity contribution in [1.82, 2.24) is 9.97 Å². The second kappa shape index (κ2) is 8.49. The first-order valence-electron chi connectivity index (χ1n) is 11.0. The van der Waals surface area contributed by atoms with Gasteiger partial charge in [0, 0.05) is 29.3 Å². The molecule has 2 N–H and O–H groups in total. The number of rotatable bonds is 5. The highest BCUT2D eigenvalue weighted by atomic mass is 32.1. The largest absolute Gasteiger partial charge is 0.372 e. The van der Waals surface area contributed by atoms with Crippen LogP contribution >= 0.6 is 11.3 Å². The Labute approximate surface area is 181 Å². The van der Waals surface area contributed by atoms with Crippen molar-refractivity contribution < 1.29 is 9.64 Å². The summed E-state index contributed by atoms with van der Waals surface area (Å²) in [6.45, 7) is 11.2. The Morgan fingerprint density at radius 3 is 2.53 bits per heavy atom. The van der Waals surface area contributed by atoms with Crippen molar-refractivity contribution in [3.8, 4) is 0 Å². The number of ether oxygens (including phenoxy) is 1. The van der Waals surface area contributed by atoms with Gasteiger partial charge in [-0.05, 0) is 56.5 Å². The number of hydrogen-bond donors (Lipinski definition) is 2. The number of anilines is 3. The Hall–Kier alpha value is -2.22. The average molecular weight is 425 g/mol. The smallest absolute Gasteiger partial charge is 0.187 e. The molecule has 0 radical (unpaired) electrons. The number of nitrogens with one attached hydrogen (secondary N) is 2. The van der Waals surface area contributed by atoms with E-state index in [0.29, 0.717) is 0 Å². The summed E-state index contributed by atoms with van der Waals surface area (Å²) in [7, 11) is 0. The van der Waals surface area contributed by atoms with Gasteiger partial charge >= 0.3 is 0 Å². The van der Waals surface area contributed by atoms with E-state index in [1.807, 2.05) is 0 Å². The molecule has 2 aliphatic heterocycles. The van der Waals surface area contributed by atoms with Crippen LogP contribution in [0.1, 0.15) is 29.1 Å². The van der Waals surface area contributed by atoms with Crippen LogP contribution in [-0.2, 0) is 11.3 Å². The SMILES string of the molecule is Cc1sc2nc(C[NH+]3CCOCC3)nc(Nc3ccc(N4CCCC4)cc3)c2c1C. The Morgan fingerprint density at radius 1 is 1.07 bits per heavy atom. The highest BCUT2D eigenvalue weighted by Gasteiger charge is 2.20. The molecule has 2 saturated heterocycles. The van der Waals surface area contributed by atoms with Gasteiger partial charge in [-0.2, -0.15) is 0 Å². The summed E-state index contributed by atoms with van der Waals surface area (Å²) >= 11 is 1.77. The maximum Gasteiger partial charge on any atom is 0.187 e. The van der Waals surface area contributed by atoms with Crippen LogP contribution in [0, 0.1) is 13.8 Å². The third-order valence-corrected chi connectivity index (χ3v) is 7.39. The normalized spacial score (nSPS) is 17.7. The lowest BCUT2D eigenvalue weighted by molar-refractivity contribution is -0.922. The molecule has 30 heavy (non-hydrogen) atoms. The zero-order valence-electron chi connectivity index (χ0n) is 17.8. The quantitative estimate of drug-likeness (QED) is 0.659. The van der Waals surface area contributed by atoms with Crippen molar-refractivity contribution in [2.75, 3.05) is 49.6 Å². The first kappa shape index (κ1) is 19.7. The van der Waals surface area contributed by atoms with Gasteiger partial charge in [0.15, 0.2) is 5.82 Å². The Balaban J connectivity index is 1.44. The van der Waals surface area contributed by atoms with E-state index in [4.69, 9.17) is 14.7 Å². The molecule has 0 unspecified atom stereocenters. The lowest BCUT2D eigenvalue weighted by Crippen LogP contribution is -3.12. The van der Waals surface area contributed by atoms with Crippen LogP contribution in [0.5, 0.6) is 0 Å². The molecular formula is C23H30N5OS+. The van der Waals surface area contributed by atoms with E-state index in [1.54, 1.807) is 11.3 Å². The van der Waals surface area contributed by atoms with Gasteiger partial charge in [-0.15, -0.1) is 11.3 Å². The summed E-state index contributed by atoms with van der Waals surface area (Å²) in [6, 6.07) is 8.78. The zero-order chi connectivity index (χ0) is 20.5. The number of morpholine rings is 1. The molecule has 2 aliphatic rings. The average Bonchev–Trinajstić information content (AvgIpc) is 3.38. The van der Waals surface area contributed by atoms with Gasteiger partial charge in [-0.1, -0.05) is 0 Å². The Kier molecular flexibility index (Phi) is 5.58. The summed E-state index contributed by atoms with van der Waals surface area (Å²) < 4.78 is 5.50. The lowest BCUT2D eigenvalue weighted by atomic mass is 10.2. The number of hydrogen-bond acceptors (Lipinski definition) is 6. The van der Waals surface area contributed by atoms with Crippen LogP contribution in [0.25, 0.3) is 10.2 Å². The van der Waals surface area contributed by atoms with Gasteiger partial charge in [0.05, 0.1) is 18.6 Å². The lowest BCUT2D eigenvalue weighted by Gasteiger charge is -2.23. The van der Waals surface area contributed by atoms with Gasteiger partial charge in [0.25, 0.3) is 0 Å². The zero-order valence-corrected chi connectivity index (χ0v) is 18.6. The fourth-order valence-electron chi connectivity index (χ4n) is 4.39. The summed E-state index contributed by atoms with van der Waals surface area (Å²) in [5, 5.41) is 4.75. The van der Waals surface area contributed by atoms with Gasteiger partial charge in [0.2, 0.25) is 0 Å². The maximum atomic E-state index is 5.50. The Morgan fingerprint density at radius 2 is 1.80 bits per heavy atom. The fraction of sp³-hybridized carbons (Fsp3) is 0.478. The first-order chi connectivity index (χ1) is 14.7. The summed E-state index contributed by atoms with van der Waals surface area (Å²) in [4.78, 5) is 16.2. The molecule has 1 aromatic carbocycles. The molecule has 0 spiro atoms. The van der Waals surface area contributed by atoms with Crippen molar-refractivity contribution in [3.63, 3.8) is 0 Å². The molecule has 5 rings (SSSR count). The van der Waals surface area contributed by atoms with Crippen LogP contribution in [-0.4, -0.2) is 49.4 Å². The third-order valence-electron chi connectivity index (χ3n) is 6.28. The molecule has 0 saturated carbocycles. The van der Waals surface area contributed by atoms with Gasteiger partial charge in [-0.3, -0.25) is 0 Å². The van der Waals surface area contributed by atoms with E-state index < -0.39 is 0 Å². The molecule has 0 atom stereocenters. The molecule has 158 valence electrons. The first-order valence-corrected chi connectivity index (χ1v) is 11.8. The number of nitrogens with zero attached hydrogens (tertiary/aromatic N) is 3. The number of quaternary nitrogens is 1. The number of fused-ring (bicyclic) bond motifs is 1. The van der Waals surface area contributed by atoms with E-state index in [9.17, 15) is 0 Å². The topological polar surface area (TPSA) is 54.7 Å². The van der Waals surface area contributed by atoms with E-state index >= 15 is 0 Å². The molecule has 0 aliphatic carbocycles. The van der Waals surface area contributed by atoms with Crippen LogP contribution in [0.2, 0.25) is 0 Å². The minimum Gasteiger partial charge on any atom is -0.372 e. The summed E-state index contributed by atoms with van der Waals surface area (Å²) in [6.07, 6.45) is 2.59. The summed E-state index contributed by atoms with van der Waals surface area (Å²) in [5.74, 6) is 1.84. The molecule has 7 heteroatoms. The highest BCUT2D eigenvalue weighted by molar-refractivity contribution is 7.18. The van der Waals surface area contributed by atoms with E-state index in [-0.39, 0.29) is 0 Å². The monoisotopic (exact) mass is 424 g/mol. The van der Waals surface area contributed by atoms with Crippen molar-refractivity contribution in [1.29, 1.82) is 0 Å². The van der Waals surface area contributed by atoms with Crippen molar-refractivity contribution >= 4 is 38.7 Å². The second-order valence-corrected chi connectivity index (χ2v) is 9.56. The van der Waals surface area contributed by atoms with Crippen LogP contribution in [0.15, 0.2) is 24.3 Å². The number of aromatic nitrogens is 2. The minimum atomic E-state index is 0.823. The van der Waals surface area contributed by atoms with E-state index in [2.05, 4.69) is 48.3 Å². The number of benzene rings is 1. The van der Waals surface area contributed by atoms with Crippen LogP contribution < -0.4 is 15.1 Å². The molecule has 2 fully saturated rings. The van der Waals surface area contributed by atoms with Gasteiger partial charge < -0.3 is 19.9 Å². The fourth-order valence-corrected chi connectivity index (χ4v) is 5.44. The van der Waals surface area contributed by atoms with Crippen LogP contribution in [0.3, 0.4) is 0 Å². The number of thiophene rings is 1. The van der Waals surface area contributed by atoms with Gasteiger partial charge in [0.1, 0.15) is 30.3 Å². The number of aryl methyl sites for hydroxylation is 2. The molecule has 4 heterocycles. The molecule has 6 nitrogen and oxygen atoms in total. The third kappa shape index (κ3) is 4.02. The molecule has 3 aromatic rings. The molecular weight excluding hydrogens is 394 g/mol. The maximum absolute atomic E-state index is 5.50. The van der Waals surface area contributed by atoms with Crippen molar-refractivity contribution in [2.24, 2.45) is 0 Å².